The second-order valence-corrected chi connectivity index (χ2v) is 7.54. The van der Waals surface area contributed by atoms with Crippen molar-refractivity contribution in [2.75, 3.05) is 6.61 Å². The Morgan fingerprint density at radius 1 is 1.18 bits per heavy atom. The highest BCUT2D eigenvalue weighted by atomic mass is 32.2. The number of ether oxygens (including phenoxy) is 1. The molecule has 0 N–H and O–H groups in total. The predicted octanol–water partition coefficient (Wildman–Crippen LogP) is 4.46. The van der Waals surface area contributed by atoms with E-state index in [4.69, 9.17) is 4.74 Å². The molecule has 28 heavy (non-hydrogen) atoms. The molecule has 0 saturated carbocycles. The largest absolute Gasteiger partial charge is 0.465 e. The van der Waals surface area contributed by atoms with Gasteiger partial charge in [-0.1, -0.05) is 42.8 Å². The van der Waals surface area contributed by atoms with Crippen LogP contribution in [0.25, 0.3) is 17.1 Å². The predicted molar refractivity (Wildman–Crippen MR) is 111 cm³/mol. The third kappa shape index (κ3) is 4.59. The first-order valence-electron chi connectivity index (χ1n) is 9.40. The number of aromatic nitrogens is 4. The van der Waals surface area contributed by atoms with Gasteiger partial charge in [-0.05, 0) is 44.5 Å². The average Bonchev–Trinajstić information content (AvgIpc) is 3.13. The van der Waals surface area contributed by atoms with E-state index in [9.17, 15) is 4.79 Å². The highest BCUT2D eigenvalue weighted by molar-refractivity contribution is 8.00. The lowest BCUT2D eigenvalue weighted by atomic mass is 10.2. The van der Waals surface area contributed by atoms with E-state index >= 15 is 0 Å². The number of benzene rings is 1. The monoisotopic (exact) mass is 396 g/mol. The minimum Gasteiger partial charge on any atom is -0.465 e. The van der Waals surface area contributed by atoms with Gasteiger partial charge in [-0.3, -0.25) is 14.3 Å². The zero-order chi connectivity index (χ0) is 19.9. The van der Waals surface area contributed by atoms with Crippen molar-refractivity contribution in [3.8, 4) is 17.1 Å². The molecule has 0 radical (unpaired) electrons. The fraction of sp³-hybridized carbons (Fsp3) is 0.333. The maximum Gasteiger partial charge on any atom is 0.319 e. The summed E-state index contributed by atoms with van der Waals surface area (Å²) in [6, 6.07) is 12.0. The molecule has 0 amide bonds. The standard InChI is InChI=1S/C21H24N4O2S/c1-4-7-18(20(26)27-5-2)28-21-24-23-19(16-8-6-13-22-14-16)25(21)17-11-9-15(3)10-12-17/h6,8-14,18H,4-5,7H2,1-3H3/t18-/m1/s1. The third-order valence-corrected chi connectivity index (χ3v) is 5.38. The van der Waals surface area contributed by atoms with Crippen molar-refractivity contribution >= 4 is 17.7 Å². The number of rotatable bonds is 8. The average molecular weight is 397 g/mol. The van der Waals surface area contributed by atoms with Crippen LogP contribution in [0.4, 0.5) is 0 Å². The minimum atomic E-state index is -0.319. The molecular weight excluding hydrogens is 372 g/mol. The lowest BCUT2D eigenvalue weighted by Crippen LogP contribution is -2.20. The third-order valence-electron chi connectivity index (χ3n) is 4.19. The van der Waals surface area contributed by atoms with Gasteiger partial charge in [-0.15, -0.1) is 10.2 Å². The Kier molecular flexibility index (Phi) is 6.81. The van der Waals surface area contributed by atoms with Crippen LogP contribution in [0.15, 0.2) is 53.9 Å². The molecule has 0 aliphatic heterocycles. The maximum absolute atomic E-state index is 12.4. The van der Waals surface area contributed by atoms with Gasteiger partial charge in [0.25, 0.3) is 0 Å². The van der Waals surface area contributed by atoms with Crippen molar-refractivity contribution in [3.63, 3.8) is 0 Å². The summed E-state index contributed by atoms with van der Waals surface area (Å²) in [6.45, 7) is 6.29. The lowest BCUT2D eigenvalue weighted by molar-refractivity contribution is -0.142. The molecule has 0 fully saturated rings. The van der Waals surface area contributed by atoms with Crippen LogP contribution in [-0.4, -0.2) is 37.6 Å². The number of carbonyl (C=O) groups excluding carboxylic acids is 1. The van der Waals surface area contributed by atoms with E-state index in [0.717, 1.165) is 17.7 Å². The van der Waals surface area contributed by atoms with Gasteiger partial charge in [-0.25, -0.2) is 0 Å². The van der Waals surface area contributed by atoms with Crippen LogP contribution in [-0.2, 0) is 9.53 Å². The second-order valence-electron chi connectivity index (χ2n) is 6.37. The molecular formula is C21H24N4O2S. The van der Waals surface area contributed by atoms with Gasteiger partial charge in [0.2, 0.25) is 0 Å². The Morgan fingerprint density at radius 3 is 2.61 bits per heavy atom. The fourth-order valence-electron chi connectivity index (χ4n) is 2.80. The summed E-state index contributed by atoms with van der Waals surface area (Å²) in [5, 5.41) is 9.14. The molecule has 0 saturated heterocycles. The second kappa shape index (κ2) is 9.50. The van der Waals surface area contributed by atoms with Crippen molar-refractivity contribution in [2.45, 2.75) is 44.0 Å². The molecule has 1 aromatic carbocycles. The van der Waals surface area contributed by atoms with Gasteiger partial charge in [-0.2, -0.15) is 0 Å². The molecule has 0 spiro atoms. The van der Waals surface area contributed by atoms with Crippen molar-refractivity contribution < 1.29 is 9.53 Å². The van der Waals surface area contributed by atoms with Crippen LogP contribution in [0.2, 0.25) is 0 Å². The number of hydrogen-bond acceptors (Lipinski definition) is 6. The zero-order valence-electron chi connectivity index (χ0n) is 16.3. The number of nitrogens with zero attached hydrogens (tertiary/aromatic N) is 4. The van der Waals surface area contributed by atoms with E-state index < -0.39 is 0 Å². The van der Waals surface area contributed by atoms with Gasteiger partial charge < -0.3 is 4.74 Å². The first kappa shape index (κ1) is 20.1. The SMILES string of the molecule is CCC[C@@H](Sc1nnc(-c2cccnc2)n1-c1ccc(C)cc1)C(=O)OCC. The Morgan fingerprint density at radius 2 is 1.96 bits per heavy atom. The Labute approximate surface area is 169 Å². The van der Waals surface area contributed by atoms with Crippen LogP contribution in [0.5, 0.6) is 0 Å². The molecule has 0 aliphatic carbocycles. The summed E-state index contributed by atoms with van der Waals surface area (Å²) in [5.74, 6) is 0.481. The first-order chi connectivity index (χ1) is 13.6. The van der Waals surface area contributed by atoms with Crippen LogP contribution < -0.4 is 0 Å². The minimum absolute atomic E-state index is 0.212. The molecule has 0 unspecified atom stereocenters. The Hall–Kier alpha value is -2.67. The van der Waals surface area contributed by atoms with Crippen molar-refractivity contribution in [2.24, 2.45) is 0 Å². The van der Waals surface area contributed by atoms with Crippen molar-refractivity contribution in [1.29, 1.82) is 0 Å². The van der Waals surface area contributed by atoms with E-state index in [0.29, 0.717) is 24.0 Å². The number of esters is 1. The van der Waals surface area contributed by atoms with Gasteiger partial charge in [0.15, 0.2) is 11.0 Å². The molecule has 6 nitrogen and oxygen atoms in total. The van der Waals surface area contributed by atoms with Crippen LogP contribution in [0.1, 0.15) is 32.3 Å². The molecule has 3 aromatic rings. The molecule has 0 bridgehead atoms. The summed E-state index contributed by atoms with van der Waals surface area (Å²) < 4.78 is 7.23. The van der Waals surface area contributed by atoms with Gasteiger partial charge in [0.1, 0.15) is 5.25 Å². The van der Waals surface area contributed by atoms with E-state index in [-0.39, 0.29) is 11.2 Å². The summed E-state index contributed by atoms with van der Waals surface area (Å²) in [7, 11) is 0. The normalized spacial score (nSPS) is 12.0. The van der Waals surface area contributed by atoms with Gasteiger partial charge in [0.05, 0.1) is 6.61 Å². The molecule has 2 heterocycles. The highest BCUT2D eigenvalue weighted by Crippen LogP contribution is 2.32. The molecule has 146 valence electrons. The Balaban J connectivity index is 2.04. The quantitative estimate of drug-likeness (QED) is 0.413. The number of hydrogen-bond donors (Lipinski definition) is 0. The van der Waals surface area contributed by atoms with E-state index in [1.807, 2.05) is 54.8 Å². The fourth-order valence-corrected chi connectivity index (χ4v) is 3.96. The summed E-state index contributed by atoms with van der Waals surface area (Å²) >= 11 is 1.40. The smallest absolute Gasteiger partial charge is 0.319 e. The molecule has 1 atom stereocenters. The van der Waals surface area contributed by atoms with Gasteiger partial charge in [0, 0.05) is 23.6 Å². The highest BCUT2D eigenvalue weighted by Gasteiger charge is 2.25. The summed E-state index contributed by atoms with van der Waals surface area (Å²) in [4.78, 5) is 16.6. The number of carbonyl (C=O) groups is 1. The Bertz CT molecular complexity index is 910. The van der Waals surface area contributed by atoms with E-state index in [1.165, 1.54) is 17.3 Å². The first-order valence-corrected chi connectivity index (χ1v) is 10.3. The van der Waals surface area contributed by atoms with E-state index in [2.05, 4.69) is 22.1 Å². The van der Waals surface area contributed by atoms with Crippen molar-refractivity contribution in [1.82, 2.24) is 19.7 Å². The van der Waals surface area contributed by atoms with E-state index in [1.54, 1.807) is 12.4 Å². The summed E-state index contributed by atoms with van der Waals surface area (Å²) in [6.07, 6.45) is 5.08. The maximum atomic E-state index is 12.4. The number of aryl methyl sites for hydroxylation is 1. The molecule has 0 aliphatic rings. The van der Waals surface area contributed by atoms with Crippen molar-refractivity contribution in [3.05, 3.63) is 54.4 Å². The lowest BCUT2D eigenvalue weighted by Gasteiger charge is -2.15. The zero-order valence-corrected chi connectivity index (χ0v) is 17.1. The molecule has 7 heteroatoms. The molecule has 3 rings (SSSR count). The molecule has 2 aromatic heterocycles. The summed E-state index contributed by atoms with van der Waals surface area (Å²) in [5.41, 5.74) is 2.98. The van der Waals surface area contributed by atoms with Crippen LogP contribution in [0, 0.1) is 6.92 Å². The topological polar surface area (TPSA) is 69.9 Å². The number of thioether (sulfide) groups is 1. The van der Waals surface area contributed by atoms with Crippen LogP contribution >= 0.6 is 11.8 Å². The van der Waals surface area contributed by atoms with Gasteiger partial charge >= 0.3 is 5.97 Å². The van der Waals surface area contributed by atoms with Crippen LogP contribution in [0.3, 0.4) is 0 Å². The number of pyridine rings is 1.